The molecule has 3 nitrogen and oxygen atoms in total. The van der Waals surface area contributed by atoms with Crippen molar-refractivity contribution in [3.05, 3.63) is 29.8 Å². The van der Waals surface area contributed by atoms with Crippen LogP contribution in [0.3, 0.4) is 0 Å². The molecule has 0 saturated heterocycles. The van der Waals surface area contributed by atoms with Gasteiger partial charge in [0.05, 0.1) is 11.7 Å². The van der Waals surface area contributed by atoms with Crippen molar-refractivity contribution in [1.29, 1.82) is 0 Å². The summed E-state index contributed by atoms with van der Waals surface area (Å²) in [4.78, 5) is 0. The number of aliphatic hydroxyl groups excluding tert-OH is 1. The van der Waals surface area contributed by atoms with Crippen LogP contribution in [0.25, 0.3) is 0 Å². The monoisotopic (exact) mass is 244 g/mol. The SMILES string of the molecule is Cl.Oc1cccc(C2(O)CCCC(O)C2)c1. The Bertz CT molecular complexity index is 356. The van der Waals surface area contributed by atoms with Crippen LogP contribution in [-0.2, 0) is 5.60 Å². The molecule has 0 aliphatic heterocycles. The van der Waals surface area contributed by atoms with Crippen LogP contribution in [0.1, 0.15) is 31.2 Å². The molecule has 1 fully saturated rings. The van der Waals surface area contributed by atoms with Gasteiger partial charge in [-0.3, -0.25) is 0 Å². The van der Waals surface area contributed by atoms with Crippen LogP contribution < -0.4 is 0 Å². The van der Waals surface area contributed by atoms with Gasteiger partial charge in [-0.2, -0.15) is 0 Å². The highest BCUT2D eigenvalue weighted by Gasteiger charge is 2.35. The average Bonchev–Trinajstić information content (AvgIpc) is 2.17. The van der Waals surface area contributed by atoms with Crippen molar-refractivity contribution in [1.82, 2.24) is 0 Å². The average molecular weight is 245 g/mol. The van der Waals surface area contributed by atoms with Gasteiger partial charge >= 0.3 is 0 Å². The Labute approximate surface area is 101 Å². The summed E-state index contributed by atoms with van der Waals surface area (Å²) in [5.74, 6) is 0.154. The van der Waals surface area contributed by atoms with E-state index in [-0.39, 0.29) is 18.2 Å². The van der Waals surface area contributed by atoms with E-state index in [2.05, 4.69) is 0 Å². The first kappa shape index (κ1) is 13.3. The molecule has 3 N–H and O–H groups in total. The van der Waals surface area contributed by atoms with Crippen molar-refractivity contribution in [2.45, 2.75) is 37.4 Å². The number of benzene rings is 1. The number of rotatable bonds is 1. The third-order valence-corrected chi connectivity index (χ3v) is 3.08. The molecule has 0 aromatic heterocycles. The van der Waals surface area contributed by atoms with E-state index in [1.54, 1.807) is 24.3 Å². The zero-order valence-corrected chi connectivity index (χ0v) is 9.78. The van der Waals surface area contributed by atoms with E-state index < -0.39 is 11.7 Å². The number of halogens is 1. The molecule has 2 rings (SSSR count). The molecule has 4 heteroatoms. The van der Waals surface area contributed by atoms with E-state index in [0.717, 1.165) is 12.8 Å². The van der Waals surface area contributed by atoms with Crippen molar-refractivity contribution < 1.29 is 15.3 Å². The zero-order chi connectivity index (χ0) is 10.9. The molecule has 0 radical (unpaired) electrons. The lowest BCUT2D eigenvalue weighted by Crippen LogP contribution is -2.34. The van der Waals surface area contributed by atoms with Gasteiger partial charge in [0.1, 0.15) is 5.75 Å². The second-order valence-corrected chi connectivity index (χ2v) is 4.33. The number of aromatic hydroxyl groups is 1. The fourth-order valence-electron chi connectivity index (χ4n) is 2.28. The van der Waals surface area contributed by atoms with Gasteiger partial charge in [0.25, 0.3) is 0 Å². The molecular formula is C12H17ClO3. The maximum atomic E-state index is 10.4. The van der Waals surface area contributed by atoms with Gasteiger partial charge in [0.15, 0.2) is 0 Å². The topological polar surface area (TPSA) is 60.7 Å². The number of phenolic OH excluding ortho intramolecular Hbond substituents is 1. The maximum Gasteiger partial charge on any atom is 0.115 e. The van der Waals surface area contributed by atoms with Crippen LogP contribution in [0, 0.1) is 0 Å². The molecule has 2 atom stereocenters. The lowest BCUT2D eigenvalue weighted by molar-refractivity contribution is -0.0499. The van der Waals surface area contributed by atoms with Gasteiger partial charge in [-0.15, -0.1) is 12.4 Å². The molecule has 1 saturated carbocycles. The molecule has 1 aliphatic carbocycles. The van der Waals surface area contributed by atoms with Crippen LogP contribution in [0.2, 0.25) is 0 Å². The standard InChI is InChI=1S/C12H16O3.ClH/c13-10-4-1-3-9(7-10)12(15)6-2-5-11(14)8-12;/h1,3-4,7,11,13-15H,2,5-6,8H2;1H. The zero-order valence-electron chi connectivity index (χ0n) is 8.97. The summed E-state index contributed by atoms with van der Waals surface area (Å²) < 4.78 is 0. The van der Waals surface area contributed by atoms with Crippen molar-refractivity contribution >= 4 is 12.4 Å². The minimum Gasteiger partial charge on any atom is -0.508 e. The quantitative estimate of drug-likeness (QED) is 0.708. The van der Waals surface area contributed by atoms with Gasteiger partial charge in [0, 0.05) is 6.42 Å². The highest BCUT2D eigenvalue weighted by Crippen LogP contribution is 2.37. The largest absolute Gasteiger partial charge is 0.508 e. The van der Waals surface area contributed by atoms with Gasteiger partial charge in [0.2, 0.25) is 0 Å². The summed E-state index contributed by atoms with van der Waals surface area (Å²) in [5, 5.41) is 29.3. The number of phenols is 1. The van der Waals surface area contributed by atoms with Crippen LogP contribution >= 0.6 is 12.4 Å². The number of aliphatic hydroxyl groups is 2. The van der Waals surface area contributed by atoms with Gasteiger partial charge < -0.3 is 15.3 Å². The van der Waals surface area contributed by atoms with Crippen LogP contribution in [-0.4, -0.2) is 21.4 Å². The van der Waals surface area contributed by atoms with Gasteiger partial charge in [-0.05, 0) is 37.0 Å². The second kappa shape index (κ2) is 5.04. The fraction of sp³-hybridized carbons (Fsp3) is 0.500. The third kappa shape index (κ3) is 2.67. The van der Waals surface area contributed by atoms with E-state index in [1.807, 2.05) is 0 Å². The molecule has 0 bridgehead atoms. The molecular weight excluding hydrogens is 228 g/mol. The molecule has 1 aromatic rings. The molecule has 0 spiro atoms. The fourth-order valence-corrected chi connectivity index (χ4v) is 2.28. The lowest BCUT2D eigenvalue weighted by Gasteiger charge is -2.35. The Balaban J connectivity index is 0.00000128. The Hall–Kier alpha value is -0.770. The summed E-state index contributed by atoms with van der Waals surface area (Å²) in [6.45, 7) is 0. The normalized spacial score (nSPS) is 29.5. The molecule has 0 heterocycles. The second-order valence-electron chi connectivity index (χ2n) is 4.33. The molecule has 16 heavy (non-hydrogen) atoms. The minimum atomic E-state index is -0.976. The van der Waals surface area contributed by atoms with Crippen molar-refractivity contribution in [3.63, 3.8) is 0 Å². The summed E-state index contributed by atoms with van der Waals surface area (Å²) in [6.07, 6.45) is 2.13. The Morgan fingerprint density at radius 1 is 1.31 bits per heavy atom. The maximum absolute atomic E-state index is 10.4. The first-order chi connectivity index (χ1) is 7.10. The van der Waals surface area contributed by atoms with Crippen molar-refractivity contribution in [2.24, 2.45) is 0 Å². The summed E-state index contributed by atoms with van der Waals surface area (Å²) in [5.41, 5.74) is -0.280. The highest BCUT2D eigenvalue weighted by atomic mass is 35.5. The lowest BCUT2D eigenvalue weighted by atomic mass is 9.78. The molecule has 1 aromatic carbocycles. The molecule has 2 unspecified atom stereocenters. The van der Waals surface area contributed by atoms with Crippen LogP contribution in [0.5, 0.6) is 5.75 Å². The van der Waals surface area contributed by atoms with E-state index in [4.69, 9.17) is 0 Å². The molecule has 90 valence electrons. The predicted molar refractivity (Wildman–Crippen MR) is 63.7 cm³/mol. The van der Waals surface area contributed by atoms with Crippen LogP contribution in [0.4, 0.5) is 0 Å². The first-order valence-corrected chi connectivity index (χ1v) is 5.30. The van der Waals surface area contributed by atoms with E-state index in [0.29, 0.717) is 18.4 Å². The first-order valence-electron chi connectivity index (χ1n) is 5.30. The Morgan fingerprint density at radius 2 is 2.06 bits per heavy atom. The van der Waals surface area contributed by atoms with Crippen LogP contribution in [0.15, 0.2) is 24.3 Å². The Kier molecular flexibility index (Phi) is 4.19. The number of hydrogen-bond donors (Lipinski definition) is 3. The minimum absolute atomic E-state index is 0. The van der Waals surface area contributed by atoms with Crippen molar-refractivity contribution in [3.8, 4) is 5.75 Å². The predicted octanol–water partition coefficient (Wildman–Crippen LogP) is 1.94. The third-order valence-electron chi connectivity index (χ3n) is 3.08. The summed E-state index contributed by atoms with van der Waals surface area (Å²) in [7, 11) is 0. The van der Waals surface area contributed by atoms with E-state index in [1.165, 1.54) is 0 Å². The smallest absolute Gasteiger partial charge is 0.115 e. The summed E-state index contributed by atoms with van der Waals surface area (Å²) >= 11 is 0. The molecule has 0 amide bonds. The van der Waals surface area contributed by atoms with Gasteiger partial charge in [-0.25, -0.2) is 0 Å². The van der Waals surface area contributed by atoms with E-state index >= 15 is 0 Å². The van der Waals surface area contributed by atoms with E-state index in [9.17, 15) is 15.3 Å². The molecule has 1 aliphatic rings. The van der Waals surface area contributed by atoms with Gasteiger partial charge in [-0.1, -0.05) is 12.1 Å². The highest BCUT2D eigenvalue weighted by molar-refractivity contribution is 5.85. The summed E-state index contributed by atoms with van der Waals surface area (Å²) in [6, 6.07) is 6.64. The van der Waals surface area contributed by atoms with Crippen molar-refractivity contribution in [2.75, 3.05) is 0 Å². The Morgan fingerprint density at radius 3 is 2.69 bits per heavy atom. The number of hydrogen-bond acceptors (Lipinski definition) is 3.